The number of carbonyl (C=O) groups is 1. The smallest absolute Gasteiger partial charge is 0.220 e. The molecule has 1 amide bonds. The Kier molecular flexibility index (Phi) is 4.83. The number of hydrogen-bond acceptors (Lipinski definition) is 2. The van der Waals surface area contributed by atoms with Gasteiger partial charge in [0.25, 0.3) is 0 Å². The number of rotatable bonds is 7. The highest BCUT2D eigenvalue weighted by atomic mass is 16.2. The first-order valence-corrected chi connectivity index (χ1v) is 5.20. The molecular formula is C10H19NO2. The van der Waals surface area contributed by atoms with Gasteiger partial charge in [-0.05, 0) is 38.0 Å². The minimum atomic E-state index is 0.200. The van der Waals surface area contributed by atoms with E-state index in [0.29, 0.717) is 5.92 Å². The molecule has 1 saturated carbocycles. The summed E-state index contributed by atoms with van der Waals surface area (Å²) in [6.45, 7) is 1.03. The van der Waals surface area contributed by atoms with Crippen LogP contribution >= 0.6 is 0 Å². The average Bonchev–Trinajstić information content (AvgIpc) is 2.88. The number of carbonyl (C=O) groups excluding carboxylic acids is 1. The molecule has 3 nitrogen and oxygen atoms in total. The summed E-state index contributed by atoms with van der Waals surface area (Å²) in [6.07, 6.45) is 6.02. The second-order valence-corrected chi connectivity index (χ2v) is 3.78. The Hall–Kier alpha value is -0.570. The highest BCUT2D eigenvalue weighted by molar-refractivity contribution is 5.76. The summed E-state index contributed by atoms with van der Waals surface area (Å²) in [5.74, 6) is 0.879. The minimum Gasteiger partial charge on any atom is -0.396 e. The maximum atomic E-state index is 11.2. The number of unbranched alkanes of at least 4 members (excludes halogenated alkanes) is 2. The highest BCUT2D eigenvalue weighted by Gasteiger charge is 2.23. The van der Waals surface area contributed by atoms with E-state index >= 15 is 0 Å². The van der Waals surface area contributed by atoms with E-state index in [0.717, 1.165) is 32.2 Å². The lowest BCUT2D eigenvalue weighted by atomic mass is 10.2. The zero-order valence-corrected chi connectivity index (χ0v) is 8.09. The molecule has 0 bridgehead atoms. The highest BCUT2D eigenvalue weighted by Crippen LogP contribution is 2.31. The molecule has 0 saturated heterocycles. The van der Waals surface area contributed by atoms with Gasteiger partial charge in [-0.15, -0.1) is 0 Å². The van der Waals surface area contributed by atoms with E-state index in [-0.39, 0.29) is 12.5 Å². The van der Waals surface area contributed by atoms with Crippen molar-refractivity contribution in [1.29, 1.82) is 0 Å². The van der Waals surface area contributed by atoms with Crippen LogP contribution < -0.4 is 5.32 Å². The van der Waals surface area contributed by atoms with Crippen LogP contribution in [0.15, 0.2) is 0 Å². The molecule has 0 atom stereocenters. The van der Waals surface area contributed by atoms with Gasteiger partial charge in [0.05, 0.1) is 0 Å². The van der Waals surface area contributed by atoms with Gasteiger partial charge in [0.2, 0.25) is 5.91 Å². The average molecular weight is 185 g/mol. The Balaban J connectivity index is 1.83. The molecule has 1 rings (SSSR count). The van der Waals surface area contributed by atoms with Gasteiger partial charge >= 0.3 is 0 Å². The maximum Gasteiger partial charge on any atom is 0.220 e. The van der Waals surface area contributed by atoms with Gasteiger partial charge in [0.1, 0.15) is 0 Å². The molecule has 0 aliphatic heterocycles. The first kappa shape index (κ1) is 10.5. The van der Waals surface area contributed by atoms with Gasteiger partial charge in [0.15, 0.2) is 0 Å². The summed E-state index contributed by atoms with van der Waals surface area (Å²) >= 11 is 0. The van der Waals surface area contributed by atoms with E-state index < -0.39 is 0 Å². The van der Waals surface area contributed by atoms with Crippen LogP contribution in [0.4, 0.5) is 0 Å². The Morgan fingerprint density at radius 3 is 2.69 bits per heavy atom. The molecule has 0 aromatic rings. The predicted octanol–water partition coefficient (Wildman–Crippen LogP) is 1.07. The first-order valence-electron chi connectivity index (χ1n) is 5.20. The van der Waals surface area contributed by atoms with E-state index in [4.69, 9.17) is 5.11 Å². The van der Waals surface area contributed by atoms with Gasteiger partial charge in [-0.3, -0.25) is 4.79 Å². The standard InChI is InChI=1S/C10H19NO2/c12-7-3-1-2-6-11-10(13)8-9-4-5-9/h9,12H,1-8H2,(H,11,13). The summed E-state index contributed by atoms with van der Waals surface area (Å²) < 4.78 is 0. The number of aliphatic hydroxyl groups is 1. The lowest BCUT2D eigenvalue weighted by Gasteiger charge is -2.03. The first-order chi connectivity index (χ1) is 6.33. The summed E-state index contributed by atoms with van der Waals surface area (Å²) in [4.78, 5) is 11.2. The molecule has 1 fully saturated rings. The largest absolute Gasteiger partial charge is 0.396 e. The fraction of sp³-hybridized carbons (Fsp3) is 0.900. The van der Waals surface area contributed by atoms with Crippen molar-refractivity contribution in [3.8, 4) is 0 Å². The van der Waals surface area contributed by atoms with E-state index in [9.17, 15) is 4.79 Å². The molecule has 1 aliphatic carbocycles. The normalized spacial score (nSPS) is 15.8. The molecular weight excluding hydrogens is 166 g/mol. The molecule has 0 aromatic heterocycles. The van der Waals surface area contributed by atoms with Crippen molar-refractivity contribution in [1.82, 2.24) is 5.32 Å². The van der Waals surface area contributed by atoms with Crippen molar-refractivity contribution in [2.75, 3.05) is 13.2 Å². The molecule has 0 unspecified atom stereocenters. The van der Waals surface area contributed by atoms with Crippen LogP contribution in [0.5, 0.6) is 0 Å². The fourth-order valence-electron chi connectivity index (χ4n) is 1.30. The molecule has 76 valence electrons. The SMILES string of the molecule is O=C(CC1CC1)NCCCCCO. The van der Waals surface area contributed by atoms with Gasteiger partial charge < -0.3 is 10.4 Å². The van der Waals surface area contributed by atoms with Crippen molar-refractivity contribution in [3.63, 3.8) is 0 Å². The minimum absolute atomic E-state index is 0.200. The summed E-state index contributed by atoms with van der Waals surface area (Å²) in [6, 6.07) is 0. The van der Waals surface area contributed by atoms with Crippen LogP contribution in [0.1, 0.15) is 38.5 Å². The van der Waals surface area contributed by atoms with Crippen molar-refractivity contribution < 1.29 is 9.90 Å². The lowest BCUT2D eigenvalue weighted by molar-refractivity contribution is -0.121. The van der Waals surface area contributed by atoms with Crippen molar-refractivity contribution >= 4 is 5.91 Å². The van der Waals surface area contributed by atoms with Crippen molar-refractivity contribution in [3.05, 3.63) is 0 Å². The quantitative estimate of drug-likeness (QED) is 0.583. The van der Waals surface area contributed by atoms with Crippen LogP contribution in [0.2, 0.25) is 0 Å². The molecule has 0 spiro atoms. The van der Waals surface area contributed by atoms with Crippen molar-refractivity contribution in [2.45, 2.75) is 38.5 Å². The summed E-state index contributed by atoms with van der Waals surface area (Å²) in [5.41, 5.74) is 0. The van der Waals surface area contributed by atoms with Crippen molar-refractivity contribution in [2.24, 2.45) is 5.92 Å². The molecule has 1 aliphatic rings. The molecule has 3 heteroatoms. The van der Waals surface area contributed by atoms with Crippen LogP contribution in [0.3, 0.4) is 0 Å². The van der Waals surface area contributed by atoms with Gasteiger partial charge in [-0.25, -0.2) is 0 Å². The van der Waals surface area contributed by atoms with Crippen LogP contribution in [-0.4, -0.2) is 24.2 Å². The second-order valence-electron chi connectivity index (χ2n) is 3.78. The van der Waals surface area contributed by atoms with E-state index in [1.54, 1.807) is 0 Å². The van der Waals surface area contributed by atoms with E-state index in [1.165, 1.54) is 12.8 Å². The molecule has 0 heterocycles. The summed E-state index contributed by atoms with van der Waals surface area (Å²) in [7, 11) is 0. The molecule has 0 radical (unpaired) electrons. The van der Waals surface area contributed by atoms with Crippen LogP contribution in [-0.2, 0) is 4.79 Å². The second kappa shape index (κ2) is 5.97. The number of nitrogens with one attached hydrogen (secondary N) is 1. The van der Waals surface area contributed by atoms with Crippen LogP contribution in [0, 0.1) is 5.92 Å². The summed E-state index contributed by atoms with van der Waals surface area (Å²) in [5, 5.41) is 11.4. The molecule has 0 aromatic carbocycles. The third kappa shape index (κ3) is 5.64. The Labute approximate surface area is 79.5 Å². The van der Waals surface area contributed by atoms with Gasteiger partial charge in [0, 0.05) is 19.6 Å². The third-order valence-electron chi connectivity index (χ3n) is 2.33. The lowest BCUT2D eigenvalue weighted by Crippen LogP contribution is -2.24. The Morgan fingerprint density at radius 2 is 2.08 bits per heavy atom. The number of amides is 1. The third-order valence-corrected chi connectivity index (χ3v) is 2.33. The van der Waals surface area contributed by atoms with Gasteiger partial charge in [-0.1, -0.05) is 0 Å². The maximum absolute atomic E-state index is 11.2. The number of hydrogen-bond donors (Lipinski definition) is 2. The Morgan fingerprint density at radius 1 is 1.31 bits per heavy atom. The zero-order valence-electron chi connectivity index (χ0n) is 8.09. The monoisotopic (exact) mass is 185 g/mol. The Bertz CT molecular complexity index is 155. The molecule has 2 N–H and O–H groups in total. The number of aliphatic hydroxyl groups excluding tert-OH is 1. The topological polar surface area (TPSA) is 49.3 Å². The van der Waals surface area contributed by atoms with Crippen LogP contribution in [0.25, 0.3) is 0 Å². The fourth-order valence-corrected chi connectivity index (χ4v) is 1.30. The zero-order chi connectivity index (χ0) is 9.52. The molecule has 13 heavy (non-hydrogen) atoms. The van der Waals surface area contributed by atoms with Gasteiger partial charge in [-0.2, -0.15) is 0 Å². The van der Waals surface area contributed by atoms with E-state index in [2.05, 4.69) is 5.32 Å². The predicted molar refractivity (Wildman–Crippen MR) is 51.3 cm³/mol. The van der Waals surface area contributed by atoms with E-state index in [1.807, 2.05) is 0 Å².